The van der Waals surface area contributed by atoms with E-state index in [-0.39, 0.29) is 17.9 Å². The molecule has 0 spiro atoms. The molecule has 0 bridgehead atoms. The van der Waals surface area contributed by atoms with Gasteiger partial charge in [-0.2, -0.15) is 0 Å². The first-order chi connectivity index (χ1) is 6.11. The lowest BCUT2D eigenvalue weighted by Crippen LogP contribution is -2.40. The quantitative estimate of drug-likeness (QED) is 0.689. The summed E-state index contributed by atoms with van der Waals surface area (Å²) in [7, 11) is 0. The number of hydrogen-bond donors (Lipinski definition) is 1. The van der Waals surface area contributed by atoms with E-state index in [2.05, 4.69) is 18.3 Å². The zero-order valence-electron chi connectivity index (χ0n) is 8.45. The number of nitrogens with one attached hydrogen (secondary N) is 1. The third-order valence-electron chi connectivity index (χ3n) is 2.24. The second-order valence-electron chi connectivity index (χ2n) is 3.82. The second kappa shape index (κ2) is 4.26. The van der Waals surface area contributed by atoms with E-state index in [4.69, 9.17) is 0 Å². The van der Waals surface area contributed by atoms with Crippen LogP contribution < -0.4 is 5.32 Å². The minimum absolute atomic E-state index is 0.0616. The van der Waals surface area contributed by atoms with Gasteiger partial charge < -0.3 is 5.32 Å². The van der Waals surface area contributed by atoms with Crippen molar-refractivity contribution in [1.82, 2.24) is 5.32 Å². The molecule has 1 aliphatic rings. The molecule has 1 aliphatic carbocycles. The van der Waals surface area contributed by atoms with Gasteiger partial charge in [0.25, 0.3) is 0 Å². The smallest absolute Gasteiger partial charge is 0.223 e. The van der Waals surface area contributed by atoms with Crippen molar-refractivity contribution in [3.63, 3.8) is 0 Å². The maximum Gasteiger partial charge on any atom is 0.223 e. The summed E-state index contributed by atoms with van der Waals surface area (Å²) in [5.41, 5.74) is 0. The predicted octanol–water partition coefficient (Wildman–Crippen LogP) is 1.89. The van der Waals surface area contributed by atoms with E-state index in [0.29, 0.717) is 5.92 Å². The summed E-state index contributed by atoms with van der Waals surface area (Å²) in [6, 6.07) is 0.167. The Morgan fingerprint density at radius 1 is 1.31 bits per heavy atom. The van der Waals surface area contributed by atoms with Gasteiger partial charge in [0.05, 0.1) is 6.04 Å². The van der Waals surface area contributed by atoms with Crippen molar-refractivity contribution in [2.75, 3.05) is 0 Å². The molecule has 13 heavy (non-hydrogen) atoms. The van der Waals surface area contributed by atoms with Gasteiger partial charge in [-0.05, 0) is 5.92 Å². The molecule has 0 aromatic heterocycles. The van der Waals surface area contributed by atoms with Crippen molar-refractivity contribution in [3.05, 3.63) is 24.3 Å². The molecule has 0 aliphatic heterocycles. The van der Waals surface area contributed by atoms with Crippen LogP contribution in [0.2, 0.25) is 0 Å². The molecule has 2 atom stereocenters. The SMILES string of the molecule is CC(C)C(=O)NC1C=CC=CC1C. The lowest BCUT2D eigenvalue weighted by atomic mass is 9.97. The third-order valence-corrected chi connectivity index (χ3v) is 2.24. The van der Waals surface area contributed by atoms with Crippen LogP contribution in [0.15, 0.2) is 24.3 Å². The number of amides is 1. The molecule has 0 saturated carbocycles. The lowest BCUT2D eigenvalue weighted by molar-refractivity contribution is -0.124. The molecule has 0 fully saturated rings. The molecule has 2 unspecified atom stereocenters. The Labute approximate surface area is 79.7 Å². The van der Waals surface area contributed by atoms with Crippen LogP contribution >= 0.6 is 0 Å². The zero-order chi connectivity index (χ0) is 9.84. The van der Waals surface area contributed by atoms with Crippen LogP contribution in [-0.4, -0.2) is 11.9 Å². The van der Waals surface area contributed by atoms with Crippen LogP contribution in [0.4, 0.5) is 0 Å². The van der Waals surface area contributed by atoms with Crippen molar-refractivity contribution in [1.29, 1.82) is 0 Å². The topological polar surface area (TPSA) is 29.1 Å². The zero-order valence-corrected chi connectivity index (χ0v) is 8.45. The number of rotatable bonds is 2. The Bertz CT molecular complexity index is 240. The van der Waals surface area contributed by atoms with Gasteiger partial charge in [0.1, 0.15) is 0 Å². The maximum absolute atomic E-state index is 11.4. The van der Waals surface area contributed by atoms with Crippen LogP contribution in [0.3, 0.4) is 0 Å². The molecule has 0 radical (unpaired) electrons. The average Bonchev–Trinajstić information content (AvgIpc) is 2.08. The molecular formula is C11H17NO. The molecule has 0 aromatic rings. The number of hydrogen-bond acceptors (Lipinski definition) is 1. The lowest BCUT2D eigenvalue weighted by Gasteiger charge is -2.22. The third kappa shape index (κ3) is 2.72. The van der Waals surface area contributed by atoms with E-state index in [9.17, 15) is 4.79 Å². The highest BCUT2D eigenvalue weighted by Crippen LogP contribution is 2.11. The monoisotopic (exact) mass is 179 g/mol. The Morgan fingerprint density at radius 3 is 2.46 bits per heavy atom. The van der Waals surface area contributed by atoms with E-state index in [1.165, 1.54) is 0 Å². The highest BCUT2D eigenvalue weighted by atomic mass is 16.1. The molecule has 0 aromatic carbocycles. The fraction of sp³-hybridized carbons (Fsp3) is 0.545. The minimum Gasteiger partial charge on any atom is -0.349 e. The van der Waals surface area contributed by atoms with E-state index < -0.39 is 0 Å². The highest BCUT2D eigenvalue weighted by molar-refractivity contribution is 5.78. The molecule has 1 rings (SSSR count). The van der Waals surface area contributed by atoms with Gasteiger partial charge in [0, 0.05) is 5.92 Å². The van der Waals surface area contributed by atoms with E-state index in [0.717, 1.165) is 0 Å². The highest BCUT2D eigenvalue weighted by Gasteiger charge is 2.17. The molecule has 2 heteroatoms. The van der Waals surface area contributed by atoms with Gasteiger partial charge in [0.15, 0.2) is 0 Å². The van der Waals surface area contributed by atoms with E-state index >= 15 is 0 Å². The largest absolute Gasteiger partial charge is 0.349 e. The second-order valence-corrected chi connectivity index (χ2v) is 3.82. The Balaban J connectivity index is 2.50. The van der Waals surface area contributed by atoms with Gasteiger partial charge in [-0.15, -0.1) is 0 Å². The van der Waals surface area contributed by atoms with Crippen LogP contribution in [0.1, 0.15) is 20.8 Å². The van der Waals surface area contributed by atoms with Gasteiger partial charge >= 0.3 is 0 Å². The summed E-state index contributed by atoms with van der Waals surface area (Å²) in [4.78, 5) is 11.4. The van der Waals surface area contributed by atoms with E-state index in [1.54, 1.807) is 0 Å². The van der Waals surface area contributed by atoms with Crippen molar-refractivity contribution in [3.8, 4) is 0 Å². The van der Waals surface area contributed by atoms with Gasteiger partial charge in [0.2, 0.25) is 5.91 Å². The summed E-state index contributed by atoms with van der Waals surface area (Å²) in [5, 5.41) is 2.99. The predicted molar refractivity (Wildman–Crippen MR) is 54.2 cm³/mol. The van der Waals surface area contributed by atoms with Gasteiger partial charge in [-0.3, -0.25) is 4.79 Å². The molecule has 72 valence electrons. The minimum atomic E-state index is 0.0616. The molecule has 1 amide bonds. The Hall–Kier alpha value is -1.05. The van der Waals surface area contributed by atoms with Crippen molar-refractivity contribution in [2.24, 2.45) is 11.8 Å². The summed E-state index contributed by atoms with van der Waals surface area (Å²) in [6.45, 7) is 5.91. The average molecular weight is 179 g/mol. The standard InChI is InChI=1S/C11H17NO/c1-8(2)11(13)12-10-7-5-4-6-9(10)3/h4-10H,1-3H3,(H,12,13). The number of carbonyl (C=O) groups excluding carboxylic acids is 1. The summed E-state index contributed by atoms with van der Waals surface area (Å²) in [6.07, 6.45) is 8.13. The first-order valence-electron chi connectivity index (χ1n) is 4.76. The van der Waals surface area contributed by atoms with Crippen molar-refractivity contribution < 1.29 is 4.79 Å². The first kappa shape index (κ1) is 10.0. The molecule has 2 nitrogen and oxygen atoms in total. The summed E-state index contributed by atoms with van der Waals surface area (Å²) < 4.78 is 0. The van der Waals surface area contributed by atoms with Gasteiger partial charge in [-0.1, -0.05) is 45.1 Å². The fourth-order valence-corrected chi connectivity index (χ4v) is 1.23. The number of carbonyl (C=O) groups is 1. The van der Waals surface area contributed by atoms with Crippen LogP contribution in [0.5, 0.6) is 0 Å². The summed E-state index contributed by atoms with van der Waals surface area (Å²) in [5.74, 6) is 0.580. The summed E-state index contributed by atoms with van der Waals surface area (Å²) >= 11 is 0. The van der Waals surface area contributed by atoms with Crippen molar-refractivity contribution in [2.45, 2.75) is 26.8 Å². The van der Waals surface area contributed by atoms with Crippen LogP contribution in [-0.2, 0) is 4.79 Å². The van der Waals surface area contributed by atoms with Crippen LogP contribution in [0, 0.1) is 11.8 Å². The molecule has 0 heterocycles. The molecule has 1 N–H and O–H groups in total. The molecular weight excluding hydrogens is 162 g/mol. The normalized spacial score (nSPS) is 26.5. The number of allylic oxidation sites excluding steroid dienone is 2. The van der Waals surface area contributed by atoms with Crippen molar-refractivity contribution >= 4 is 5.91 Å². The first-order valence-corrected chi connectivity index (χ1v) is 4.76. The van der Waals surface area contributed by atoms with Gasteiger partial charge in [-0.25, -0.2) is 0 Å². The Kier molecular flexibility index (Phi) is 3.29. The maximum atomic E-state index is 11.4. The Morgan fingerprint density at radius 2 is 1.92 bits per heavy atom. The molecule has 0 saturated heterocycles. The fourth-order valence-electron chi connectivity index (χ4n) is 1.23. The van der Waals surface area contributed by atoms with Crippen LogP contribution in [0.25, 0.3) is 0 Å². The van der Waals surface area contributed by atoms with E-state index in [1.807, 2.05) is 32.1 Å².